The van der Waals surface area contributed by atoms with Gasteiger partial charge in [-0.2, -0.15) is 0 Å². The molecule has 162 valence electrons. The minimum Gasteiger partial charge on any atom is -0.347 e. The van der Waals surface area contributed by atoms with Gasteiger partial charge in [0.2, 0.25) is 11.8 Å². The van der Waals surface area contributed by atoms with Crippen LogP contribution in [0.15, 0.2) is 60.2 Å². The average Bonchev–Trinajstić information content (AvgIpc) is 3.40. The Hall–Kier alpha value is -3.85. The Morgan fingerprint density at radius 3 is 2.78 bits per heavy atom. The Bertz CT molecular complexity index is 1330. The third-order valence-corrected chi connectivity index (χ3v) is 5.53. The number of pyridine rings is 1. The number of amides is 2. The van der Waals surface area contributed by atoms with Crippen LogP contribution in [0.3, 0.4) is 0 Å². The van der Waals surface area contributed by atoms with E-state index in [1.165, 1.54) is 41.4 Å². The molecule has 0 saturated heterocycles. The number of aryl methyl sites for hydroxylation is 1. The van der Waals surface area contributed by atoms with Crippen LogP contribution in [-0.2, 0) is 16.1 Å². The van der Waals surface area contributed by atoms with Gasteiger partial charge in [-0.15, -0.1) is 11.3 Å². The zero-order valence-corrected chi connectivity index (χ0v) is 18.3. The molecule has 3 aromatic heterocycles. The lowest BCUT2D eigenvalue weighted by Crippen LogP contribution is -2.23. The average molecular weight is 450 g/mol. The summed E-state index contributed by atoms with van der Waals surface area (Å²) in [4.78, 5) is 34.4. The summed E-state index contributed by atoms with van der Waals surface area (Å²) in [6.07, 6.45) is 6.69. The number of para-hydroxylation sites is 1. The van der Waals surface area contributed by atoms with Crippen LogP contribution in [-0.4, -0.2) is 26.2 Å². The molecule has 1 aromatic carbocycles. The SMILES string of the molecule is CC(=O)N(c1nc(/C=C/C(=O)NCc2cn3cccc(C)c3n2)cs1)c1ccccc1F. The van der Waals surface area contributed by atoms with Crippen molar-refractivity contribution in [2.24, 2.45) is 0 Å². The number of hydrogen-bond acceptors (Lipinski definition) is 5. The van der Waals surface area contributed by atoms with Crippen molar-refractivity contribution in [1.29, 1.82) is 0 Å². The Morgan fingerprint density at radius 2 is 2.03 bits per heavy atom. The Balaban J connectivity index is 1.42. The Kier molecular flexibility index (Phi) is 6.09. The lowest BCUT2D eigenvalue weighted by Gasteiger charge is -2.18. The molecule has 0 unspecified atom stereocenters. The van der Waals surface area contributed by atoms with Gasteiger partial charge in [0.1, 0.15) is 11.5 Å². The molecule has 0 aliphatic rings. The fourth-order valence-corrected chi connectivity index (χ4v) is 4.03. The number of imidazole rings is 1. The molecule has 0 fully saturated rings. The minimum atomic E-state index is -0.517. The van der Waals surface area contributed by atoms with Crippen molar-refractivity contribution in [2.75, 3.05) is 4.90 Å². The maximum Gasteiger partial charge on any atom is 0.244 e. The molecule has 7 nitrogen and oxygen atoms in total. The molecule has 0 aliphatic carbocycles. The molecule has 2 amide bonds. The van der Waals surface area contributed by atoms with Crippen LogP contribution in [0.2, 0.25) is 0 Å². The van der Waals surface area contributed by atoms with Crippen molar-refractivity contribution >= 4 is 45.7 Å². The largest absolute Gasteiger partial charge is 0.347 e. The van der Waals surface area contributed by atoms with Crippen molar-refractivity contribution in [1.82, 2.24) is 19.7 Å². The van der Waals surface area contributed by atoms with Gasteiger partial charge in [-0.1, -0.05) is 18.2 Å². The summed E-state index contributed by atoms with van der Waals surface area (Å²) in [5.74, 6) is -1.18. The van der Waals surface area contributed by atoms with Crippen molar-refractivity contribution in [3.63, 3.8) is 0 Å². The monoisotopic (exact) mass is 449 g/mol. The number of hydrogen-bond donors (Lipinski definition) is 1. The van der Waals surface area contributed by atoms with E-state index in [0.29, 0.717) is 10.8 Å². The summed E-state index contributed by atoms with van der Waals surface area (Å²) in [6.45, 7) is 3.62. The molecule has 4 aromatic rings. The molecule has 0 radical (unpaired) electrons. The van der Waals surface area contributed by atoms with E-state index in [2.05, 4.69) is 15.3 Å². The van der Waals surface area contributed by atoms with Gasteiger partial charge in [-0.05, 0) is 36.8 Å². The third-order valence-electron chi connectivity index (χ3n) is 4.69. The highest BCUT2D eigenvalue weighted by Crippen LogP contribution is 2.30. The molecule has 0 atom stereocenters. The maximum absolute atomic E-state index is 14.2. The van der Waals surface area contributed by atoms with Gasteiger partial charge in [-0.3, -0.25) is 14.5 Å². The van der Waals surface area contributed by atoms with E-state index in [4.69, 9.17) is 0 Å². The van der Waals surface area contributed by atoms with Crippen molar-refractivity contribution in [3.8, 4) is 0 Å². The zero-order valence-electron chi connectivity index (χ0n) is 17.4. The van der Waals surface area contributed by atoms with Gasteiger partial charge < -0.3 is 9.72 Å². The molecule has 0 bridgehead atoms. The predicted octanol–water partition coefficient (Wildman–Crippen LogP) is 4.25. The molecule has 9 heteroatoms. The van der Waals surface area contributed by atoms with E-state index in [-0.39, 0.29) is 24.0 Å². The Labute approximate surface area is 187 Å². The van der Waals surface area contributed by atoms with E-state index in [0.717, 1.165) is 16.9 Å². The lowest BCUT2D eigenvalue weighted by atomic mass is 10.3. The third kappa shape index (κ3) is 4.57. The molecule has 0 saturated carbocycles. The van der Waals surface area contributed by atoms with Crippen molar-refractivity contribution in [3.05, 3.63) is 83.0 Å². The number of halogens is 1. The van der Waals surface area contributed by atoms with Gasteiger partial charge in [0.15, 0.2) is 5.13 Å². The molecular weight excluding hydrogens is 429 g/mol. The van der Waals surface area contributed by atoms with Gasteiger partial charge in [0, 0.05) is 30.8 Å². The van der Waals surface area contributed by atoms with E-state index in [1.54, 1.807) is 23.6 Å². The number of benzene rings is 1. The van der Waals surface area contributed by atoms with Crippen LogP contribution < -0.4 is 10.2 Å². The van der Waals surface area contributed by atoms with Gasteiger partial charge in [0.05, 0.1) is 23.6 Å². The molecule has 4 rings (SSSR count). The van der Waals surface area contributed by atoms with Crippen LogP contribution in [0.1, 0.15) is 23.9 Å². The minimum absolute atomic E-state index is 0.130. The van der Waals surface area contributed by atoms with Crippen LogP contribution in [0.5, 0.6) is 0 Å². The number of nitrogens with zero attached hydrogens (tertiary/aromatic N) is 4. The quantitative estimate of drug-likeness (QED) is 0.446. The van der Waals surface area contributed by atoms with E-state index < -0.39 is 5.82 Å². The van der Waals surface area contributed by atoms with E-state index >= 15 is 0 Å². The molecular formula is C23H20FN5O2S. The normalized spacial score (nSPS) is 11.2. The standard InChI is InChI=1S/C23H20FN5O2S/c1-15-6-5-11-28-13-18(26-22(15)28)12-25-21(31)10-9-17-14-32-23(27-17)29(16(2)30)20-8-4-3-7-19(20)24/h3-11,13-14H,12H2,1-2H3,(H,25,31)/b10-9+. The first kappa shape index (κ1) is 21.4. The van der Waals surface area contributed by atoms with E-state index in [9.17, 15) is 14.0 Å². The number of fused-ring (bicyclic) bond motifs is 1. The summed E-state index contributed by atoms with van der Waals surface area (Å²) in [5, 5.41) is 4.81. The van der Waals surface area contributed by atoms with Gasteiger partial charge >= 0.3 is 0 Å². The highest BCUT2D eigenvalue weighted by atomic mass is 32.1. The number of thiazole rings is 1. The fraction of sp³-hybridized carbons (Fsp3) is 0.130. The smallest absolute Gasteiger partial charge is 0.244 e. The van der Waals surface area contributed by atoms with E-state index in [1.807, 2.05) is 35.9 Å². The topological polar surface area (TPSA) is 79.6 Å². The fourth-order valence-electron chi connectivity index (χ4n) is 3.18. The highest BCUT2D eigenvalue weighted by Gasteiger charge is 2.20. The van der Waals surface area contributed by atoms with Crippen molar-refractivity contribution in [2.45, 2.75) is 20.4 Å². The first-order chi connectivity index (χ1) is 15.4. The van der Waals surface area contributed by atoms with Crippen LogP contribution in [0.25, 0.3) is 11.7 Å². The van der Waals surface area contributed by atoms with Crippen LogP contribution >= 0.6 is 11.3 Å². The summed E-state index contributed by atoms with van der Waals surface area (Å²) < 4.78 is 16.1. The molecule has 32 heavy (non-hydrogen) atoms. The number of carbonyl (C=O) groups excluding carboxylic acids is 2. The molecule has 3 heterocycles. The summed E-state index contributed by atoms with van der Waals surface area (Å²) in [5.41, 5.74) is 3.28. The predicted molar refractivity (Wildman–Crippen MR) is 122 cm³/mol. The number of aromatic nitrogens is 3. The second kappa shape index (κ2) is 9.11. The first-order valence-corrected chi connectivity index (χ1v) is 10.7. The number of carbonyl (C=O) groups is 2. The second-order valence-electron chi connectivity index (χ2n) is 7.07. The summed E-state index contributed by atoms with van der Waals surface area (Å²) in [6, 6.07) is 9.93. The zero-order chi connectivity index (χ0) is 22.7. The van der Waals surface area contributed by atoms with Gasteiger partial charge in [0.25, 0.3) is 0 Å². The maximum atomic E-state index is 14.2. The first-order valence-electron chi connectivity index (χ1n) is 9.82. The molecule has 0 aliphatic heterocycles. The molecule has 0 spiro atoms. The number of nitrogens with one attached hydrogen (secondary N) is 1. The highest BCUT2D eigenvalue weighted by molar-refractivity contribution is 7.14. The number of rotatable bonds is 6. The van der Waals surface area contributed by atoms with Crippen molar-refractivity contribution < 1.29 is 14.0 Å². The van der Waals surface area contributed by atoms with Crippen LogP contribution in [0.4, 0.5) is 15.2 Å². The molecule has 1 N–H and O–H groups in total. The lowest BCUT2D eigenvalue weighted by molar-refractivity contribution is -0.117. The summed E-state index contributed by atoms with van der Waals surface area (Å²) in [7, 11) is 0. The van der Waals surface area contributed by atoms with Crippen LogP contribution in [0, 0.1) is 12.7 Å². The summed E-state index contributed by atoms with van der Waals surface area (Å²) >= 11 is 1.19. The van der Waals surface area contributed by atoms with Gasteiger partial charge in [-0.25, -0.2) is 14.4 Å². The Morgan fingerprint density at radius 1 is 1.22 bits per heavy atom. The number of anilines is 2. The second-order valence-corrected chi connectivity index (χ2v) is 7.90.